The number of nitrogens with one attached hydrogen (secondary N) is 5. The van der Waals surface area contributed by atoms with Gasteiger partial charge in [-0.05, 0) is 156 Å². The topological polar surface area (TPSA) is 588 Å². The highest BCUT2D eigenvalue weighted by Crippen LogP contribution is 2.31. The molecule has 122 heavy (non-hydrogen) atoms. The summed E-state index contributed by atoms with van der Waals surface area (Å²) in [6, 6.07) is 35.2. The number of ether oxygens (including phenoxy) is 3. The smallest absolute Gasteiger partial charge is 0.410 e. The number of nitrogen functional groups attached to an aromatic ring is 5. The van der Waals surface area contributed by atoms with Gasteiger partial charge in [0.25, 0.3) is 23.6 Å². The van der Waals surface area contributed by atoms with Gasteiger partial charge in [-0.15, -0.1) is 5.10 Å². The summed E-state index contributed by atoms with van der Waals surface area (Å²) in [6.45, 7) is 10.6. The Morgan fingerprint density at radius 2 is 0.910 bits per heavy atom. The Morgan fingerprint density at radius 1 is 0.508 bits per heavy atom. The van der Waals surface area contributed by atoms with Gasteiger partial charge in [0.15, 0.2) is 80.7 Å². The zero-order chi connectivity index (χ0) is 88.8. The van der Waals surface area contributed by atoms with Gasteiger partial charge < -0.3 is 41.6 Å². The number of anilines is 5. The van der Waals surface area contributed by atoms with Gasteiger partial charge >= 0.3 is 24.2 Å². The fraction of sp³-hybridized carbons (Fsp3) is 0.282. The van der Waals surface area contributed by atoms with Gasteiger partial charge in [-0.1, -0.05) is 102 Å². The van der Waals surface area contributed by atoms with E-state index < -0.39 is 99.1 Å². The van der Waals surface area contributed by atoms with Crippen LogP contribution < -0.4 is 55.7 Å². The molecule has 5 aromatic carbocycles. The molecule has 0 spiro atoms. The number of carbonyl (C=O) groups is 7. The van der Waals surface area contributed by atoms with Crippen LogP contribution in [0.15, 0.2) is 182 Å². The molecule has 7 heterocycles. The number of piperidine rings is 2. The van der Waals surface area contributed by atoms with E-state index in [1.54, 1.807) is 77.9 Å². The molecule has 44 heteroatoms. The molecule has 12 rings (SSSR count). The maximum absolute atomic E-state index is 13.2. The molecule has 2 aliphatic rings. The number of rotatable bonds is 20. The van der Waals surface area contributed by atoms with Crippen molar-refractivity contribution in [1.82, 2.24) is 81.5 Å². The van der Waals surface area contributed by atoms with Crippen molar-refractivity contribution in [2.75, 3.05) is 48.5 Å². The van der Waals surface area contributed by atoms with Crippen LogP contribution in [0.2, 0.25) is 0 Å². The van der Waals surface area contributed by atoms with Crippen molar-refractivity contribution in [3.63, 3.8) is 0 Å². The SMILES string of the molecule is CC(C)S(=O)(=O)c1ccc(-c2cnc(N)c(-c3nnc(NC(=O)[C@@H]4CCCCN4C(=O)OCc4ccccc4)o3)n2)cc1.CC(C)S(=O)(=O)c1ccc(-c2cnc(N)c(C(=O)NN)n2)cc1.CC(C)S(=O)(=O)c1ccc(-c2cnc(N)c(C(=O)NNC(=S)NC(=O)[C@@H]3CCCCN3C(=O)OCc3ccccc3)n2)cc1.COC(=O)c1nc(Br)cnc1N. The van der Waals surface area contributed by atoms with E-state index in [2.05, 4.69) is 92.2 Å². The van der Waals surface area contributed by atoms with Gasteiger partial charge in [0, 0.05) is 29.8 Å². The highest BCUT2D eigenvalue weighted by Gasteiger charge is 2.36. The molecule has 0 saturated carbocycles. The lowest BCUT2D eigenvalue weighted by Gasteiger charge is -2.33. The first kappa shape index (κ1) is 92.7. The first-order valence-corrected chi connectivity index (χ1v) is 43.1. The molecule has 0 unspecified atom stereocenters. The molecule has 2 aliphatic heterocycles. The number of esters is 1. The molecule has 2 saturated heterocycles. The largest absolute Gasteiger partial charge is 0.464 e. The average Bonchev–Trinajstić information content (AvgIpc) is 1.12. The molecule has 0 aliphatic carbocycles. The van der Waals surface area contributed by atoms with Crippen LogP contribution in [0.25, 0.3) is 45.4 Å². The third kappa shape index (κ3) is 24.1. The van der Waals surface area contributed by atoms with Crippen LogP contribution in [-0.2, 0) is 66.5 Å². The van der Waals surface area contributed by atoms with E-state index in [1.807, 2.05) is 66.1 Å². The van der Waals surface area contributed by atoms with E-state index in [4.69, 9.17) is 54.9 Å². The second-order valence-electron chi connectivity index (χ2n) is 27.5. The molecule has 2 atom stereocenters. The van der Waals surface area contributed by atoms with Gasteiger partial charge in [-0.25, -0.2) is 85.4 Å². The van der Waals surface area contributed by atoms with Crippen LogP contribution >= 0.6 is 28.1 Å². The molecule has 642 valence electrons. The summed E-state index contributed by atoms with van der Waals surface area (Å²) in [4.78, 5) is 123. The fourth-order valence-corrected chi connectivity index (χ4v) is 15.1. The fourth-order valence-electron chi connectivity index (χ4n) is 11.5. The van der Waals surface area contributed by atoms with Gasteiger partial charge in [0.1, 0.15) is 29.9 Å². The zero-order valence-electron chi connectivity index (χ0n) is 66.7. The van der Waals surface area contributed by atoms with E-state index >= 15 is 0 Å². The van der Waals surface area contributed by atoms with Crippen molar-refractivity contribution < 1.29 is 77.4 Å². The molecular weight excluding hydrogens is 1730 g/mol. The first-order valence-electron chi connectivity index (χ1n) is 37.3. The molecule has 15 N–H and O–H groups in total. The molecule has 0 bridgehead atoms. The van der Waals surface area contributed by atoms with E-state index in [0.29, 0.717) is 58.6 Å². The standard InChI is InChI=1S/C29H33N7O6S2.C29H31N7O6S.C14H17N5O3S.C6H6BrN3O2/c1-18(2)44(40,41)21-13-11-20(12-14-21)22-16-31-25(30)24(32-22)27(38)34-35-28(43)33-26(37)23-10-6-7-15-36(23)29(39)42-17-19-8-4-3-5-9-19;1-18(2)43(39,40)21-13-11-20(12-14-21)22-16-31-25(30)24(32-22)27-34-35-28(42-27)33-26(37)23-10-6-7-15-36(23)29(38)41-17-19-8-4-3-5-9-19;1-8(2)23(21,22)10-5-3-9(4-6-10)11-7-17-13(15)12(18-11)14(20)19-16;1-12-6(11)4-5(8)9-2-3(7)10-4/h3-5,8-9,11-14,16,18,23H,6-7,10,15,17H2,1-2H3,(H2,30,31)(H,34,38)(H2,33,35,37,43);3-5,8-9,11-14,16,18,23H,6-7,10,15,17H2,1-2H3,(H2,30,31)(H,33,35,37);3-8H,16H2,1-2H3,(H2,15,17)(H,19,20);2H,1H3,(H2,8,9)/t2*23-;;/m00../s1. The summed E-state index contributed by atoms with van der Waals surface area (Å²) < 4.78 is 95.3. The summed E-state index contributed by atoms with van der Waals surface area (Å²) >= 11 is 8.23. The molecule has 39 nitrogen and oxygen atoms in total. The van der Waals surface area contributed by atoms with Crippen LogP contribution in [0.4, 0.5) is 38.9 Å². The minimum absolute atomic E-state index is 0.0175. The number of nitrogens with zero attached hydrogens (tertiary/aromatic N) is 12. The van der Waals surface area contributed by atoms with Crippen LogP contribution in [0.3, 0.4) is 0 Å². The molecule has 5 aromatic heterocycles. The number of likely N-dealkylation sites (tertiary alicyclic amines) is 2. The van der Waals surface area contributed by atoms with Crippen LogP contribution in [-0.4, -0.2) is 180 Å². The van der Waals surface area contributed by atoms with Crippen LogP contribution in [0.5, 0.6) is 0 Å². The average molecular weight is 1810 g/mol. The third-order valence-corrected chi connectivity index (χ3v) is 25.4. The summed E-state index contributed by atoms with van der Waals surface area (Å²) in [6.07, 6.45) is 8.27. The minimum Gasteiger partial charge on any atom is -0.464 e. The predicted molar refractivity (Wildman–Crippen MR) is 455 cm³/mol. The van der Waals surface area contributed by atoms with E-state index in [-0.39, 0.29) is 96.7 Å². The number of thiocarbonyl (C=S) groups is 1. The maximum Gasteiger partial charge on any atom is 0.410 e. The summed E-state index contributed by atoms with van der Waals surface area (Å²) in [7, 11) is -8.97. The van der Waals surface area contributed by atoms with Gasteiger partial charge in [0.2, 0.25) is 5.91 Å². The number of amides is 6. The highest BCUT2D eigenvalue weighted by molar-refractivity contribution is 9.10. The number of halogens is 1. The number of carbonyl (C=O) groups excluding carboxylic acids is 7. The molecule has 6 amide bonds. The number of sulfone groups is 3. The zero-order valence-corrected chi connectivity index (χ0v) is 71.5. The van der Waals surface area contributed by atoms with Gasteiger partial charge in [-0.2, -0.15) is 0 Å². The molecular formula is C78H87BrN22O17S4. The Balaban J connectivity index is 0.000000201. The Bertz CT molecular complexity index is 5790. The van der Waals surface area contributed by atoms with Crippen LogP contribution in [0, 0.1) is 0 Å². The lowest BCUT2D eigenvalue weighted by Crippen LogP contribution is -2.56. The van der Waals surface area contributed by atoms with E-state index in [1.165, 1.54) is 78.1 Å². The number of benzene rings is 5. The Morgan fingerprint density at radius 3 is 1.34 bits per heavy atom. The molecule has 2 fully saturated rings. The monoisotopic (exact) mass is 1810 g/mol. The highest BCUT2D eigenvalue weighted by atomic mass is 79.9. The van der Waals surface area contributed by atoms with Crippen molar-refractivity contribution in [2.45, 2.75) is 136 Å². The van der Waals surface area contributed by atoms with E-state index in [9.17, 15) is 58.8 Å². The van der Waals surface area contributed by atoms with Gasteiger partial charge in [-0.3, -0.25) is 55.9 Å². The first-order chi connectivity index (χ1) is 58.0. The van der Waals surface area contributed by atoms with Crippen molar-refractivity contribution >= 4 is 134 Å². The molecule has 0 radical (unpaired) electrons. The van der Waals surface area contributed by atoms with Crippen LogP contribution in [0.1, 0.15) is 123 Å². The Labute approximate surface area is 714 Å². The lowest BCUT2D eigenvalue weighted by atomic mass is 10.0. The minimum atomic E-state index is -3.45. The van der Waals surface area contributed by atoms with E-state index in [0.717, 1.165) is 36.8 Å². The van der Waals surface area contributed by atoms with Gasteiger partial charge in [0.05, 0.1) is 79.4 Å². The van der Waals surface area contributed by atoms with Crippen molar-refractivity contribution in [1.29, 1.82) is 0 Å². The quantitative estimate of drug-likeness (QED) is 0.00864. The normalized spacial score (nSPS) is 13.9. The Hall–Kier alpha value is -13.2. The summed E-state index contributed by atoms with van der Waals surface area (Å²) in [5.74, 6) is 1.81. The maximum atomic E-state index is 13.2. The third-order valence-electron chi connectivity index (χ3n) is 18.3. The summed E-state index contributed by atoms with van der Waals surface area (Å²) in [5.41, 5.74) is 33.8. The Kier molecular flexibility index (Phi) is 32.0. The van der Waals surface area contributed by atoms with Crippen molar-refractivity contribution in [3.05, 3.63) is 191 Å². The summed E-state index contributed by atoms with van der Waals surface area (Å²) in [5, 5.41) is 11.1. The lowest BCUT2D eigenvalue weighted by molar-refractivity contribution is -0.125. The van der Waals surface area contributed by atoms with Crippen molar-refractivity contribution in [3.8, 4) is 45.4 Å². The number of nitrogens with two attached hydrogens (primary N) is 5. The predicted octanol–water partition coefficient (Wildman–Crippen LogP) is 7.94. The second kappa shape index (κ2) is 42.2. The molecule has 10 aromatic rings. The number of aromatic nitrogens is 10. The second-order valence-corrected chi connectivity index (χ2v) is 36.2. The number of hydrogen-bond donors (Lipinski definition) is 10. The van der Waals surface area contributed by atoms with Crippen molar-refractivity contribution in [2.24, 2.45) is 5.84 Å². The number of hydrazine groups is 2. The number of methoxy groups -OCH3 is 1. The number of hydrogen-bond acceptors (Lipinski definition) is 33.